The first-order valence-electron chi connectivity index (χ1n) is 15.1. The lowest BCUT2D eigenvalue weighted by Crippen LogP contribution is -2.67. The van der Waals surface area contributed by atoms with Crippen LogP contribution in [-0.4, -0.2) is 49.4 Å². The van der Waals surface area contributed by atoms with E-state index < -0.39 is 25.7 Å². The Kier molecular flexibility index (Phi) is 8.27. The molecule has 0 spiro atoms. The number of hydrogen-bond acceptors (Lipinski definition) is 4. The van der Waals surface area contributed by atoms with E-state index >= 15 is 0 Å². The minimum absolute atomic E-state index is 0.163. The molecule has 2 aliphatic rings. The molecule has 1 aliphatic carbocycles. The van der Waals surface area contributed by atoms with Gasteiger partial charge in [-0.15, -0.1) is 0 Å². The van der Waals surface area contributed by atoms with Crippen molar-refractivity contribution in [1.82, 2.24) is 4.90 Å². The van der Waals surface area contributed by atoms with Crippen LogP contribution >= 0.6 is 0 Å². The molecule has 1 saturated heterocycles. The van der Waals surface area contributed by atoms with Crippen molar-refractivity contribution in [2.24, 2.45) is 0 Å². The van der Waals surface area contributed by atoms with E-state index in [-0.39, 0.29) is 17.2 Å². The molecule has 0 unspecified atom stereocenters. The molecule has 3 aromatic rings. The number of rotatable bonds is 6. The maximum atomic E-state index is 13.8. The van der Waals surface area contributed by atoms with Gasteiger partial charge in [0.05, 0.1) is 18.2 Å². The van der Waals surface area contributed by atoms with Crippen LogP contribution in [0.4, 0.5) is 4.79 Å². The number of benzene rings is 3. The SMILES string of the molecule is CC1(C)COC(C)(C)N1C(=O)O[C@@H]1CC[C@H](O[Si](c2ccccc2)(c2ccccc2)C(C)(C)C)/C1=C/c1ccccc1. The molecule has 1 amide bonds. The van der Waals surface area contributed by atoms with Gasteiger partial charge in [0.25, 0.3) is 8.32 Å². The topological polar surface area (TPSA) is 48.0 Å². The van der Waals surface area contributed by atoms with Gasteiger partial charge in [-0.3, -0.25) is 4.90 Å². The smallest absolute Gasteiger partial charge is 0.413 e. The van der Waals surface area contributed by atoms with Crippen molar-refractivity contribution in [3.8, 4) is 0 Å². The average Bonchev–Trinajstić information content (AvgIpc) is 3.42. The Morgan fingerprint density at radius 1 is 0.833 bits per heavy atom. The van der Waals surface area contributed by atoms with Gasteiger partial charge >= 0.3 is 6.09 Å². The first-order valence-corrected chi connectivity index (χ1v) is 17.0. The van der Waals surface area contributed by atoms with Gasteiger partial charge in [-0.1, -0.05) is 112 Å². The van der Waals surface area contributed by atoms with Crippen LogP contribution in [0.25, 0.3) is 6.08 Å². The van der Waals surface area contributed by atoms with E-state index in [9.17, 15) is 4.79 Å². The van der Waals surface area contributed by atoms with Crippen LogP contribution in [-0.2, 0) is 13.9 Å². The third-order valence-corrected chi connectivity index (χ3v) is 13.7. The highest BCUT2D eigenvalue weighted by atomic mass is 28.4. The molecule has 2 fully saturated rings. The number of hydrogen-bond donors (Lipinski definition) is 0. The van der Waals surface area contributed by atoms with Crippen LogP contribution in [0.1, 0.15) is 66.9 Å². The Hall–Kier alpha value is -3.19. The highest BCUT2D eigenvalue weighted by Crippen LogP contribution is 2.43. The Labute approximate surface area is 252 Å². The molecular weight excluding hydrogens is 538 g/mol. The monoisotopic (exact) mass is 583 g/mol. The zero-order valence-corrected chi connectivity index (χ0v) is 27.1. The minimum Gasteiger partial charge on any atom is -0.441 e. The van der Waals surface area contributed by atoms with E-state index in [2.05, 4.69) is 99.6 Å². The van der Waals surface area contributed by atoms with E-state index in [0.717, 1.165) is 17.6 Å². The van der Waals surface area contributed by atoms with Crippen LogP contribution in [0.2, 0.25) is 5.04 Å². The lowest BCUT2D eigenvalue weighted by molar-refractivity contribution is -0.0557. The zero-order valence-electron chi connectivity index (χ0n) is 26.1. The fourth-order valence-corrected chi connectivity index (χ4v) is 11.5. The van der Waals surface area contributed by atoms with Gasteiger partial charge in [-0.2, -0.15) is 0 Å². The number of carbonyl (C=O) groups excluding carboxylic acids is 1. The van der Waals surface area contributed by atoms with Gasteiger partial charge in [-0.05, 0) is 73.2 Å². The maximum Gasteiger partial charge on any atom is 0.413 e. The van der Waals surface area contributed by atoms with Crippen molar-refractivity contribution in [1.29, 1.82) is 0 Å². The van der Waals surface area contributed by atoms with E-state index in [0.29, 0.717) is 13.0 Å². The van der Waals surface area contributed by atoms with Gasteiger partial charge < -0.3 is 13.9 Å². The summed E-state index contributed by atoms with van der Waals surface area (Å²) in [5.74, 6) is 0. The molecule has 1 heterocycles. The summed E-state index contributed by atoms with van der Waals surface area (Å²) in [6, 6.07) is 31.7. The summed E-state index contributed by atoms with van der Waals surface area (Å²) in [5, 5.41) is 2.31. The molecule has 1 saturated carbocycles. The summed E-state index contributed by atoms with van der Waals surface area (Å²) >= 11 is 0. The molecule has 0 radical (unpaired) electrons. The Bertz CT molecular complexity index is 1340. The summed E-state index contributed by atoms with van der Waals surface area (Å²) in [5.41, 5.74) is 0.871. The normalized spacial score (nSPS) is 22.8. The molecule has 0 bridgehead atoms. The summed E-state index contributed by atoms with van der Waals surface area (Å²) in [7, 11) is -2.83. The van der Waals surface area contributed by atoms with Crippen molar-refractivity contribution in [3.05, 3.63) is 102 Å². The lowest BCUT2D eigenvalue weighted by atomic mass is 10.0. The second-order valence-electron chi connectivity index (χ2n) is 13.7. The molecule has 0 N–H and O–H groups in total. The van der Waals surface area contributed by atoms with Crippen LogP contribution in [0.15, 0.2) is 96.6 Å². The summed E-state index contributed by atoms with van der Waals surface area (Å²) in [4.78, 5) is 15.5. The lowest BCUT2D eigenvalue weighted by Gasteiger charge is -2.45. The van der Waals surface area contributed by atoms with E-state index in [4.69, 9.17) is 13.9 Å². The fraction of sp³-hybridized carbons (Fsp3) is 0.417. The first-order chi connectivity index (χ1) is 19.8. The average molecular weight is 584 g/mol. The van der Waals surface area contributed by atoms with Crippen LogP contribution < -0.4 is 10.4 Å². The van der Waals surface area contributed by atoms with Gasteiger partial charge in [0.1, 0.15) is 11.8 Å². The fourth-order valence-electron chi connectivity index (χ4n) is 6.78. The third kappa shape index (κ3) is 5.72. The summed E-state index contributed by atoms with van der Waals surface area (Å²) in [6.07, 6.45) is 2.69. The maximum absolute atomic E-state index is 13.8. The van der Waals surface area contributed by atoms with Crippen LogP contribution in [0, 0.1) is 0 Å². The van der Waals surface area contributed by atoms with Gasteiger partial charge in [-0.25, -0.2) is 4.79 Å². The van der Waals surface area contributed by atoms with Crippen molar-refractivity contribution in [3.63, 3.8) is 0 Å². The highest BCUT2D eigenvalue weighted by Gasteiger charge is 2.54. The zero-order chi connectivity index (χ0) is 30.2. The molecule has 5 nitrogen and oxygen atoms in total. The number of carbonyl (C=O) groups is 1. The predicted octanol–water partition coefficient (Wildman–Crippen LogP) is 7.16. The van der Waals surface area contributed by atoms with Crippen LogP contribution in [0.5, 0.6) is 0 Å². The van der Waals surface area contributed by atoms with Crippen molar-refractivity contribution >= 4 is 30.9 Å². The Balaban J connectivity index is 1.57. The molecule has 2 atom stereocenters. The standard InChI is InChI=1S/C36H45NO4Si/c1-34(2,3)42(28-19-13-9-14-20-28,29-21-15-10-16-22-29)41-32-24-23-31(30(32)25-27-17-11-8-12-18-27)40-33(38)37-35(4,5)26-39-36(37,6)7/h8-22,25,31-32H,23-24,26H2,1-7H3/b30-25+/t31-,32+/m1/s1. The molecule has 0 aromatic heterocycles. The van der Waals surface area contributed by atoms with Crippen molar-refractivity contribution in [2.45, 2.75) is 89.8 Å². The van der Waals surface area contributed by atoms with E-state index in [1.807, 2.05) is 45.9 Å². The molecule has 42 heavy (non-hydrogen) atoms. The third-order valence-electron chi connectivity index (χ3n) is 8.65. The van der Waals surface area contributed by atoms with E-state index in [1.165, 1.54) is 10.4 Å². The van der Waals surface area contributed by atoms with Crippen molar-refractivity contribution < 1.29 is 18.7 Å². The highest BCUT2D eigenvalue weighted by molar-refractivity contribution is 6.99. The molecule has 222 valence electrons. The molecule has 1 aliphatic heterocycles. The first kappa shape index (κ1) is 30.3. The number of ether oxygens (including phenoxy) is 2. The molecule has 6 heteroatoms. The Morgan fingerprint density at radius 2 is 1.33 bits per heavy atom. The number of amides is 1. The summed E-state index contributed by atoms with van der Waals surface area (Å²) < 4.78 is 19.9. The second-order valence-corrected chi connectivity index (χ2v) is 17.9. The van der Waals surface area contributed by atoms with Crippen LogP contribution in [0.3, 0.4) is 0 Å². The quantitative estimate of drug-likeness (QED) is 0.289. The minimum atomic E-state index is -2.83. The summed E-state index contributed by atoms with van der Waals surface area (Å²) in [6.45, 7) is 15.2. The van der Waals surface area contributed by atoms with Gasteiger partial charge in [0.2, 0.25) is 0 Å². The molecule has 3 aromatic carbocycles. The van der Waals surface area contributed by atoms with Gasteiger partial charge in [0.15, 0.2) is 0 Å². The molecule has 5 rings (SSSR count). The predicted molar refractivity (Wildman–Crippen MR) is 172 cm³/mol. The van der Waals surface area contributed by atoms with Gasteiger partial charge in [0, 0.05) is 0 Å². The largest absolute Gasteiger partial charge is 0.441 e. The Morgan fingerprint density at radius 3 is 1.81 bits per heavy atom. The van der Waals surface area contributed by atoms with Crippen molar-refractivity contribution in [2.75, 3.05) is 6.61 Å². The number of nitrogens with zero attached hydrogens (tertiary/aromatic N) is 1. The second kappa shape index (κ2) is 11.5. The van der Waals surface area contributed by atoms with E-state index in [1.54, 1.807) is 4.90 Å². The molecular formula is C36H45NO4Si.